The average molecular weight is 524 g/mol. The maximum Gasteiger partial charge on any atom is 0.354 e. The minimum atomic E-state index is -1.14. The second-order valence-corrected chi connectivity index (χ2v) is 10.4. The van der Waals surface area contributed by atoms with Crippen molar-refractivity contribution in [3.8, 4) is 0 Å². The van der Waals surface area contributed by atoms with Crippen LogP contribution in [-0.4, -0.2) is 40.3 Å². The Hall–Kier alpha value is -3.95. The molecule has 2 aromatic carbocycles. The fourth-order valence-corrected chi connectivity index (χ4v) is 4.62. The van der Waals surface area contributed by atoms with Gasteiger partial charge in [0.05, 0.1) is 24.8 Å². The number of benzene rings is 2. The molecule has 38 heavy (non-hydrogen) atoms. The number of methoxy groups -OCH3 is 1. The molecule has 1 aliphatic heterocycles. The lowest BCUT2D eigenvalue weighted by molar-refractivity contribution is -0.151. The Labute approximate surface area is 220 Å². The van der Waals surface area contributed by atoms with Crippen molar-refractivity contribution in [3.63, 3.8) is 0 Å². The van der Waals surface area contributed by atoms with Gasteiger partial charge in [0.15, 0.2) is 0 Å². The third-order valence-corrected chi connectivity index (χ3v) is 6.80. The first-order valence-corrected chi connectivity index (χ1v) is 12.8. The van der Waals surface area contributed by atoms with Gasteiger partial charge in [0, 0.05) is 25.3 Å². The largest absolute Gasteiger partial charge is 0.469 e. The Balaban J connectivity index is 1.73. The summed E-state index contributed by atoms with van der Waals surface area (Å²) < 4.78 is 22.1. The van der Waals surface area contributed by atoms with Crippen LogP contribution in [0.2, 0.25) is 0 Å². The number of piperidine rings is 1. The topological polar surface area (TPSA) is 98.5 Å². The fraction of sp³-hybridized carbons (Fsp3) is 0.429. The molecule has 4 rings (SSSR count). The van der Waals surface area contributed by atoms with Crippen LogP contribution in [0.15, 0.2) is 52.1 Å². The zero-order valence-corrected chi connectivity index (χ0v) is 22.3. The summed E-state index contributed by atoms with van der Waals surface area (Å²) in [7, 11) is 1.25. The van der Waals surface area contributed by atoms with E-state index in [0.717, 1.165) is 48.0 Å². The Bertz CT molecular complexity index is 1420. The highest BCUT2D eigenvalue weighted by molar-refractivity contribution is 5.75. The number of carbonyl (C=O) groups is 1. The summed E-state index contributed by atoms with van der Waals surface area (Å²) in [6, 6.07) is 12.4. The molecule has 1 aliphatic rings. The maximum atomic E-state index is 15.1. The number of aryl methyl sites for hydroxylation is 1. The van der Waals surface area contributed by atoms with E-state index in [0.29, 0.717) is 11.4 Å². The summed E-state index contributed by atoms with van der Waals surface area (Å²) in [6.07, 6.45) is 3.19. The molecule has 0 atom stereocenters. The van der Waals surface area contributed by atoms with Gasteiger partial charge < -0.3 is 15.0 Å². The Morgan fingerprint density at radius 2 is 1.74 bits per heavy atom. The van der Waals surface area contributed by atoms with Gasteiger partial charge in [0.1, 0.15) is 5.82 Å². The normalized spacial score (nSPS) is 13.9. The van der Waals surface area contributed by atoms with E-state index >= 15 is 4.39 Å². The van der Waals surface area contributed by atoms with Crippen molar-refractivity contribution in [1.82, 2.24) is 14.1 Å². The summed E-state index contributed by atoms with van der Waals surface area (Å²) >= 11 is 0. The number of halogens is 1. The number of hydrogen-bond acceptors (Lipinski definition) is 7. The number of anilines is 3. The molecule has 9 nitrogen and oxygen atoms in total. The van der Waals surface area contributed by atoms with Gasteiger partial charge in [-0.3, -0.25) is 9.36 Å². The van der Waals surface area contributed by atoms with E-state index in [1.807, 2.05) is 36.1 Å². The van der Waals surface area contributed by atoms with Crippen molar-refractivity contribution in [3.05, 3.63) is 80.4 Å². The molecule has 0 bridgehead atoms. The number of nitrogens with one attached hydrogen (secondary N) is 1. The van der Waals surface area contributed by atoms with Crippen LogP contribution in [0.5, 0.6) is 0 Å². The van der Waals surface area contributed by atoms with E-state index in [-0.39, 0.29) is 19.0 Å². The predicted molar refractivity (Wildman–Crippen MR) is 145 cm³/mol. The lowest BCUT2D eigenvalue weighted by atomic mass is 9.94. The number of rotatable bonds is 8. The third-order valence-electron chi connectivity index (χ3n) is 6.80. The summed E-state index contributed by atoms with van der Waals surface area (Å²) in [6.45, 7) is 6.66. The second kappa shape index (κ2) is 11.2. The van der Waals surface area contributed by atoms with E-state index in [1.54, 1.807) is 26.0 Å². The Kier molecular flexibility index (Phi) is 7.99. The van der Waals surface area contributed by atoms with Crippen LogP contribution in [0.25, 0.3) is 0 Å². The Morgan fingerprint density at radius 3 is 2.37 bits per heavy atom. The molecule has 0 aliphatic carbocycles. The average Bonchev–Trinajstić information content (AvgIpc) is 2.90. The van der Waals surface area contributed by atoms with Crippen LogP contribution in [0.1, 0.15) is 44.2 Å². The maximum absolute atomic E-state index is 15.1. The zero-order valence-electron chi connectivity index (χ0n) is 22.3. The minimum absolute atomic E-state index is 0.0159. The van der Waals surface area contributed by atoms with Crippen LogP contribution < -0.4 is 21.6 Å². The standard InChI is InChI=1S/C28H34FN5O4/c1-19-8-10-20(11-9-19)17-33-25(31-26(36)34(27(33)37)18-28(2,3)24(35)38-4)30-21-12-13-23(22(29)16-21)32-14-6-5-7-15-32/h8-13,16H,5-7,14-15,17-18H2,1-4H3,(H,30,31,36). The van der Waals surface area contributed by atoms with E-state index in [4.69, 9.17) is 4.74 Å². The van der Waals surface area contributed by atoms with Crippen molar-refractivity contribution in [2.24, 2.45) is 5.41 Å². The molecule has 0 spiro atoms. The highest BCUT2D eigenvalue weighted by Crippen LogP contribution is 2.27. The SMILES string of the molecule is COC(=O)C(C)(C)Cn1c(=O)nc(Nc2ccc(N3CCCCC3)c(F)c2)n(Cc2ccc(C)cc2)c1=O. The van der Waals surface area contributed by atoms with Crippen molar-refractivity contribution in [1.29, 1.82) is 0 Å². The number of nitrogens with zero attached hydrogens (tertiary/aromatic N) is 4. The van der Waals surface area contributed by atoms with Crippen molar-refractivity contribution < 1.29 is 13.9 Å². The van der Waals surface area contributed by atoms with Crippen LogP contribution in [0, 0.1) is 18.2 Å². The van der Waals surface area contributed by atoms with Crippen LogP contribution >= 0.6 is 0 Å². The second-order valence-electron chi connectivity index (χ2n) is 10.4. The molecule has 0 radical (unpaired) electrons. The quantitative estimate of drug-likeness (QED) is 0.448. The van der Waals surface area contributed by atoms with Gasteiger partial charge in [-0.1, -0.05) is 29.8 Å². The van der Waals surface area contributed by atoms with Crippen molar-refractivity contribution in [2.75, 3.05) is 30.4 Å². The number of aromatic nitrogens is 3. The lowest BCUT2D eigenvalue weighted by Crippen LogP contribution is -2.46. The summed E-state index contributed by atoms with van der Waals surface area (Å²) in [5.74, 6) is -0.962. The Morgan fingerprint density at radius 1 is 1.05 bits per heavy atom. The predicted octanol–water partition coefficient (Wildman–Crippen LogP) is 3.83. The van der Waals surface area contributed by atoms with E-state index < -0.39 is 28.6 Å². The van der Waals surface area contributed by atoms with Gasteiger partial charge in [0.2, 0.25) is 5.95 Å². The highest BCUT2D eigenvalue weighted by Gasteiger charge is 2.31. The van der Waals surface area contributed by atoms with Gasteiger partial charge >= 0.3 is 17.3 Å². The first-order valence-electron chi connectivity index (χ1n) is 12.8. The van der Waals surface area contributed by atoms with E-state index in [9.17, 15) is 14.4 Å². The van der Waals surface area contributed by atoms with Crippen molar-refractivity contribution >= 4 is 23.3 Å². The molecule has 0 saturated carbocycles. The summed E-state index contributed by atoms with van der Waals surface area (Å²) in [5, 5.41) is 2.97. The molecular formula is C28H34FN5O4. The molecule has 1 aromatic heterocycles. The van der Waals surface area contributed by atoms with Gasteiger partial charge in [-0.05, 0) is 63.8 Å². The molecule has 0 amide bonds. The van der Waals surface area contributed by atoms with Crippen LogP contribution in [0.3, 0.4) is 0 Å². The molecule has 3 aromatic rings. The smallest absolute Gasteiger partial charge is 0.354 e. The third kappa shape index (κ3) is 5.95. The molecule has 0 unspecified atom stereocenters. The zero-order chi connectivity index (χ0) is 27.4. The van der Waals surface area contributed by atoms with Gasteiger partial charge in [0.25, 0.3) is 0 Å². The molecule has 1 saturated heterocycles. The van der Waals surface area contributed by atoms with Crippen LogP contribution in [0.4, 0.5) is 21.7 Å². The first kappa shape index (κ1) is 27.1. The fourth-order valence-electron chi connectivity index (χ4n) is 4.62. The first-order chi connectivity index (χ1) is 18.1. The molecule has 1 N–H and O–H groups in total. The minimum Gasteiger partial charge on any atom is -0.469 e. The number of carbonyl (C=O) groups excluding carboxylic acids is 1. The molecule has 202 valence electrons. The van der Waals surface area contributed by atoms with Gasteiger partial charge in [-0.15, -0.1) is 0 Å². The van der Waals surface area contributed by atoms with E-state index in [2.05, 4.69) is 10.3 Å². The lowest BCUT2D eigenvalue weighted by Gasteiger charge is -2.29. The molecule has 2 heterocycles. The monoisotopic (exact) mass is 523 g/mol. The number of ether oxygens (including phenoxy) is 1. The van der Waals surface area contributed by atoms with Crippen molar-refractivity contribution in [2.45, 2.75) is 53.1 Å². The number of esters is 1. The molecule has 10 heteroatoms. The highest BCUT2D eigenvalue weighted by atomic mass is 19.1. The number of hydrogen-bond donors (Lipinski definition) is 1. The van der Waals surface area contributed by atoms with E-state index in [1.165, 1.54) is 17.7 Å². The summed E-state index contributed by atoms with van der Waals surface area (Å²) in [4.78, 5) is 45.0. The van der Waals surface area contributed by atoms with Gasteiger partial charge in [-0.2, -0.15) is 4.98 Å². The van der Waals surface area contributed by atoms with Gasteiger partial charge in [-0.25, -0.2) is 18.5 Å². The molecule has 1 fully saturated rings. The van der Waals surface area contributed by atoms with Crippen LogP contribution in [-0.2, 0) is 22.6 Å². The summed E-state index contributed by atoms with van der Waals surface area (Å²) in [5.41, 5.74) is 0.165. The molecular weight excluding hydrogens is 489 g/mol.